The van der Waals surface area contributed by atoms with E-state index in [4.69, 9.17) is 0 Å². The van der Waals surface area contributed by atoms with E-state index < -0.39 is 10.0 Å². The normalized spacial score (nSPS) is 25.4. The molecule has 2 rings (SSSR count). The Bertz CT molecular complexity index is 487. The number of likely N-dealkylation sites (tertiary alicyclic amines) is 1. The van der Waals surface area contributed by atoms with Crippen molar-refractivity contribution < 1.29 is 13.2 Å². The first-order valence-electron chi connectivity index (χ1n) is 8.90. The van der Waals surface area contributed by atoms with Crippen molar-refractivity contribution in [1.82, 2.24) is 14.5 Å². The maximum atomic E-state index is 12.2. The van der Waals surface area contributed by atoms with E-state index in [9.17, 15) is 13.2 Å². The summed E-state index contributed by atoms with van der Waals surface area (Å²) >= 11 is 0. The van der Waals surface area contributed by atoms with Gasteiger partial charge in [-0.3, -0.25) is 4.79 Å². The third kappa shape index (κ3) is 5.43. The summed E-state index contributed by atoms with van der Waals surface area (Å²) in [5.41, 5.74) is 0. The van der Waals surface area contributed by atoms with Gasteiger partial charge in [0.05, 0.1) is 5.75 Å². The standard InChI is InChI=1S/C16H31N3O3S/c1-3-23(21,22)19-10-6-15(7-11-19)16(20)17-8-12-18-9-4-5-14(2)13-18/h14-15H,3-13H2,1-2H3,(H,17,20)/t14-/m1/s1. The van der Waals surface area contributed by atoms with Crippen molar-refractivity contribution in [2.24, 2.45) is 11.8 Å². The Labute approximate surface area is 140 Å². The zero-order valence-corrected chi connectivity index (χ0v) is 15.3. The summed E-state index contributed by atoms with van der Waals surface area (Å²) < 4.78 is 25.2. The van der Waals surface area contributed by atoms with E-state index >= 15 is 0 Å². The number of nitrogens with zero attached hydrogens (tertiary/aromatic N) is 2. The van der Waals surface area contributed by atoms with E-state index in [1.54, 1.807) is 6.92 Å². The second-order valence-corrected chi connectivity index (χ2v) is 9.17. The van der Waals surface area contributed by atoms with Crippen molar-refractivity contribution in [2.75, 3.05) is 45.0 Å². The number of carbonyl (C=O) groups excluding carboxylic acids is 1. The minimum absolute atomic E-state index is 0.0430. The fourth-order valence-corrected chi connectivity index (χ4v) is 4.68. The highest BCUT2D eigenvalue weighted by Crippen LogP contribution is 2.20. The van der Waals surface area contributed by atoms with Gasteiger partial charge in [0, 0.05) is 38.6 Å². The van der Waals surface area contributed by atoms with Crippen molar-refractivity contribution in [2.45, 2.75) is 39.5 Å². The molecule has 0 saturated carbocycles. The fourth-order valence-electron chi connectivity index (χ4n) is 3.55. The largest absolute Gasteiger partial charge is 0.355 e. The lowest BCUT2D eigenvalue weighted by atomic mass is 9.97. The van der Waals surface area contributed by atoms with Gasteiger partial charge in [0.2, 0.25) is 15.9 Å². The van der Waals surface area contributed by atoms with Gasteiger partial charge in [0.1, 0.15) is 0 Å². The first-order valence-corrected chi connectivity index (χ1v) is 10.5. The van der Waals surface area contributed by atoms with Crippen LogP contribution in [0, 0.1) is 11.8 Å². The molecule has 1 atom stereocenters. The molecule has 6 nitrogen and oxygen atoms in total. The molecule has 23 heavy (non-hydrogen) atoms. The van der Waals surface area contributed by atoms with Gasteiger partial charge in [-0.05, 0) is 45.1 Å². The Balaban J connectivity index is 1.67. The molecule has 2 aliphatic heterocycles. The number of hydrogen-bond acceptors (Lipinski definition) is 4. The van der Waals surface area contributed by atoms with Gasteiger partial charge in [0.15, 0.2) is 0 Å². The third-order valence-corrected chi connectivity index (χ3v) is 6.93. The number of nitrogens with one attached hydrogen (secondary N) is 1. The maximum absolute atomic E-state index is 12.2. The third-order valence-electron chi connectivity index (χ3n) is 5.05. The van der Waals surface area contributed by atoms with Crippen LogP contribution >= 0.6 is 0 Å². The van der Waals surface area contributed by atoms with E-state index in [0.29, 0.717) is 32.5 Å². The van der Waals surface area contributed by atoms with Gasteiger partial charge >= 0.3 is 0 Å². The zero-order chi connectivity index (χ0) is 16.9. The van der Waals surface area contributed by atoms with Crippen LogP contribution in [0.1, 0.15) is 39.5 Å². The van der Waals surface area contributed by atoms with Crippen LogP contribution in [0.4, 0.5) is 0 Å². The van der Waals surface area contributed by atoms with Crippen LogP contribution in [0.2, 0.25) is 0 Å². The van der Waals surface area contributed by atoms with Crippen molar-refractivity contribution >= 4 is 15.9 Å². The second kappa shape index (κ2) is 8.44. The van der Waals surface area contributed by atoms with Crippen LogP contribution < -0.4 is 5.32 Å². The van der Waals surface area contributed by atoms with Gasteiger partial charge < -0.3 is 10.2 Å². The van der Waals surface area contributed by atoms with Gasteiger partial charge in [-0.15, -0.1) is 0 Å². The van der Waals surface area contributed by atoms with Crippen molar-refractivity contribution in [1.29, 1.82) is 0 Å². The van der Waals surface area contributed by atoms with E-state index in [1.807, 2.05) is 0 Å². The Morgan fingerprint density at radius 3 is 2.48 bits per heavy atom. The Kier molecular flexibility index (Phi) is 6.85. The Morgan fingerprint density at radius 1 is 1.17 bits per heavy atom. The SMILES string of the molecule is CCS(=O)(=O)N1CCC(C(=O)NCCN2CCC[C@@H](C)C2)CC1. The highest BCUT2D eigenvalue weighted by Gasteiger charge is 2.30. The molecular weight excluding hydrogens is 314 g/mol. The average molecular weight is 346 g/mol. The minimum atomic E-state index is -3.11. The summed E-state index contributed by atoms with van der Waals surface area (Å²) in [5.74, 6) is 0.935. The molecule has 7 heteroatoms. The molecule has 0 aromatic heterocycles. The highest BCUT2D eigenvalue weighted by molar-refractivity contribution is 7.89. The monoisotopic (exact) mass is 345 g/mol. The fraction of sp³-hybridized carbons (Fsp3) is 0.938. The number of amides is 1. The number of rotatable bonds is 6. The zero-order valence-electron chi connectivity index (χ0n) is 14.5. The van der Waals surface area contributed by atoms with Crippen LogP contribution in [0.25, 0.3) is 0 Å². The summed E-state index contributed by atoms with van der Waals surface area (Å²) in [6, 6.07) is 0. The summed E-state index contributed by atoms with van der Waals surface area (Å²) in [5, 5.41) is 3.03. The van der Waals surface area contributed by atoms with Crippen molar-refractivity contribution in [3.8, 4) is 0 Å². The van der Waals surface area contributed by atoms with Crippen molar-refractivity contribution in [3.63, 3.8) is 0 Å². The Hall–Kier alpha value is -0.660. The lowest BCUT2D eigenvalue weighted by Gasteiger charge is -2.32. The predicted octanol–water partition coefficient (Wildman–Crippen LogP) is 0.896. The van der Waals surface area contributed by atoms with Gasteiger partial charge in [-0.25, -0.2) is 12.7 Å². The highest BCUT2D eigenvalue weighted by atomic mass is 32.2. The van der Waals surface area contributed by atoms with Crippen LogP contribution in [-0.4, -0.2) is 68.6 Å². The summed E-state index contributed by atoms with van der Waals surface area (Å²) in [6.45, 7) is 8.75. The summed E-state index contributed by atoms with van der Waals surface area (Å²) in [7, 11) is -3.11. The molecule has 0 radical (unpaired) electrons. The van der Waals surface area contributed by atoms with E-state index in [0.717, 1.165) is 25.6 Å². The number of piperidine rings is 2. The molecule has 2 saturated heterocycles. The molecule has 134 valence electrons. The summed E-state index contributed by atoms with van der Waals surface area (Å²) in [4.78, 5) is 14.7. The van der Waals surface area contributed by atoms with E-state index in [2.05, 4.69) is 17.1 Å². The molecule has 0 aliphatic carbocycles. The van der Waals surface area contributed by atoms with Crippen LogP contribution in [0.3, 0.4) is 0 Å². The first kappa shape index (κ1) is 18.7. The molecule has 0 bridgehead atoms. The lowest BCUT2D eigenvalue weighted by Crippen LogP contribution is -2.45. The average Bonchev–Trinajstić information content (AvgIpc) is 2.55. The van der Waals surface area contributed by atoms with Crippen LogP contribution in [0.15, 0.2) is 0 Å². The molecule has 2 heterocycles. The van der Waals surface area contributed by atoms with Gasteiger partial charge in [0.25, 0.3) is 0 Å². The Morgan fingerprint density at radius 2 is 1.87 bits per heavy atom. The molecular formula is C16H31N3O3S. The predicted molar refractivity (Wildman–Crippen MR) is 91.6 cm³/mol. The molecule has 2 aliphatic rings. The first-order chi connectivity index (χ1) is 10.9. The second-order valence-electron chi connectivity index (χ2n) is 6.91. The van der Waals surface area contributed by atoms with E-state index in [-0.39, 0.29) is 17.6 Å². The van der Waals surface area contributed by atoms with Crippen LogP contribution in [-0.2, 0) is 14.8 Å². The number of carbonyl (C=O) groups is 1. The molecule has 2 fully saturated rings. The minimum Gasteiger partial charge on any atom is -0.355 e. The molecule has 0 spiro atoms. The van der Waals surface area contributed by atoms with Crippen molar-refractivity contribution in [3.05, 3.63) is 0 Å². The molecule has 0 aromatic rings. The topological polar surface area (TPSA) is 69.7 Å². The summed E-state index contributed by atoms with van der Waals surface area (Å²) in [6.07, 6.45) is 3.82. The quantitative estimate of drug-likeness (QED) is 0.776. The molecule has 0 aromatic carbocycles. The smallest absolute Gasteiger partial charge is 0.223 e. The van der Waals surface area contributed by atoms with Crippen LogP contribution in [0.5, 0.6) is 0 Å². The maximum Gasteiger partial charge on any atom is 0.223 e. The van der Waals surface area contributed by atoms with Gasteiger partial charge in [-0.1, -0.05) is 6.92 Å². The van der Waals surface area contributed by atoms with Gasteiger partial charge in [-0.2, -0.15) is 0 Å². The molecule has 1 N–H and O–H groups in total. The molecule has 0 unspecified atom stereocenters. The number of hydrogen-bond donors (Lipinski definition) is 1. The number of sulfonamides is 1. The van der Waals surface area contributed by atoms with E-state index in [1.165, 1.54) is 17.1 Å². The molecule has 1 amide bonds. The lowest BCUT2D eigenvalue weighted by molar-refractivity contribution is -0.126.